The van der Waals surface area contributed by atoms with Crippen molar-refractivity contribution in [1.82, 2.24) is 4.57 Å². The van der Waals surface area contributed by atoms with Gasteiger partial charge in [-0.25, -0.2) is 9.79 Å². The average molecular weight is 556 g/mol. The molecule has 4 heterocycles. The molecule has 0 unspecified atom stereocenters. The Kier molecular flexibility index (Phi) is 7.30. The number of benzene rings is 2. The van der Waals surface area contributed by atoms with Crippen LogP contribution in [0.25, 0.3) is 11.8 Å². The third kappa shape index (κ3) is 5.02. The fourth-order valence-electron chi connectivity index (χ4n) is 5.24. The topological polar surface area (TPSA) is 63.9 Å². The zero-order chi connectivity index (χ0) is 26.8. The first-order chi connectivity index (χ1) is 19.1. The largest absolute Gasteiger partial charge is 0.463 e. The van der Waals surface area contributed by atoms with Gasteiger partial charge in [0.05, 0.1) is 22.4 Å². The van der Waals surface area contributed by atoms with Crippen molar-refractivity contribution in [2.24, 2.45) is 4.99 Å². The van der Waals surface area contributed by atoms with Crippen LogP contribution < -0.4 is 19.8 Å². The zero-order valence-electron chi connectivity index (χ0n) is 21.7. The molecule has 0 saturated carbocycles. The van der Waals surface area contributed by atoms with E-state index in [1.54, 1.807) is 11.5 Å². The number of ether oxygens (including phenoxy) is 1. The minimum atomic E-state index is -0.612. The number of rotatable bonds is 6. The smallest absolute Gasteiger partial charge is 0.338 e. The molecule has 2 aromatic carbocycles. The van der Waals surface area contributed by atoms with E-state index in [0.717, 1.165) is 29.1 Å². The molecule has 6 rings (SSSR count). The third-order valence-corrected chi connectivity index (χ3v) is 9.01. The highest BCUT2D eigenvalue weighted by atomic mass is 32.1. The second kappa shape index (κ2) is 11.2. The van der Waals surface area contributed by atoms with Crippen LogP contribution in [0.5, 0.6) is 0 Å². The van der Waals surface area contributed by atoms with E-state index in [9.17, 15) is 9.59 Å². The van der Waals surface area contributed by atoms with Crippen LogP contribution in [0.1, 0.15) is 48.2 Å². The van der Waals surface area contributed by atoms with Crippen molar-refractivity contribution >= 4 is 46.1 Å². The Morgan fingerprint density at radius 1 is 1.03 bits per heavy atom. The van der Waals surface area contributed by atoms with E-state index < -0.39 is 12.0 Å². The van der Waals surface area contributed by atoms with Crippen LogP contribution in [0.15, 0.2) is 87.5 Å². The highest BCUT2D eigenvalue weighted by Crippen LogP contribution is 2.36. The Hall–Kier alpha value is -3.75. The highest BCUT2D eigenvalue weighted by molar-refractivity contribution is 7.10. The number of hydrogen-bond donors (Lipinski definition) is 0. The van der Waals surface area contributed by atoms with Crippen molar-refractivity contribution in [1.29, 1.82) is 0 Å². The second-order valence-electron chi connectivity index (χ2n) is 9.59. The number of esters is 1. The molecule has 6 nitrogen and oxygen atoms in total. The van der Waals surface area contributed by atoms with E-state index in [1.165, 1.54) is 47.6 Å². The summed E-state index contributed by atoms with van der Waals surface area (Å²) in [6.45, 7) is 4.20. The summed E-state index contributed by atoms with van der Waals surface area (Å²) < 4.78 is 7.74. The van der Waals surface area contributed by atoms with Gasteiger partial charge in [-0.15, -0.1) is 11.3 Å². The molecule has 0 bridgehead atoms. The molecular formula is C31H29N3O3S2. The Balaban J connectivity index is 1.49. The summed E-state index contributed by atoms with van der Waals surface area (Å²) in [6, 6.07) is 21.3. The molecule has 2 aliphatic rings. The standard InChI is InChI=1S/C31H29N3O3S2/c1-2-37-30(36)26-27(22-10-5-3-6-11-22)32-31-34(28(26)24-12-9-19-38-24)29(35)25(39-31)20-21-13-15-23(16-14-21)33-17-7-4-8-18-33/h3,5-6,9-16,19-20,28H,2,4,7-8,17-18H2,1H3/b25-20+/t28-/m0/s1. The summed E-state index contributed by atoms with van der Waals surface area (Å²) in [4.78, 5) is 36.1. The summed E-state index contributed by atoms with van der Waals surface area (Å²) in [5.74, 6) is -0.457. The lowest BCUT2D eigenvalue weighted by Gasteiger charge is -2.28. The van der Waals surface area contributed by atoms with Gasteiger partial charge in [0.15, 0.2) is 4.80 Å². The molecule has 39 heavy (non-hydrogen) atoms. The number of piperidine rings is 1. The molecule has 8 heteroatoms. The van der Waals surface area contributed by atoms with Crippen LogP contribution in [-0.4, -0.2) is 30.2 Å². The number of aromatic nitrogens is 1. The van der Waals surface area contributed by atoms with Crippen molar-refractivity contribution in [3.05, 3.63) is 113 Å². The Morgan fingerprint density at radius 2 is 1.79 bits per heavy atom. The van der Waals surface area contributed by atoms with E-state index in [0.29, 0.717) is 20.6 Å². The summed E-state index contributed by atoms with van der Waals surface area (Å²) >= 11 is 2.86. The maximum atomic E-state index is 13.9. The minimum absolute atomic E-state index is 0.161. The molecule has 198 valence electrons. The fourth-order valence-corrected chi connectivity index (χ4v) is 7.07. The van der Waals surface area contributed by atoms with Gasteiger partial charge in [0.1, 0.15) is 6.04 Å². The molecule has 1 atom stereocenters. The molecule has 1 saturated heterocycles. The number of carbonyl (C=O) groups is 1. The van der Waals surface area contributed by atoms with Crippen molar-refractivity contribution in [2.45, 2.75) is 32.2 Å². The summed E-state index contributed by atoms with van der Waals surface area (Å²) in [5.41, 5.74) is 3.76. The molecule has 1 fully saturated rings. The van der Waals surface area contributed by atoms with Crippen LogP contribution in [0, 0.1) is 0 Å². The molecule has 0 N–H and O–H groups in total. The van der Waals surface area contributed by atoms with E-state index in [4.69, 9.17) is 9.73 Å². The van der Waals surface area contributed by atoms with Gasteiger partial charge in [-0.3, -0.25) is 9.36 Å². The lowest BCUT2D eigenvalue weighted by Crippen LogP contribution is -2.39. The van der Waals surface area contributed by atoms with Crippen LogP contribution >= 0.6 is 22.7 Å². The van der Waals surface area contributed by atoms with Gasteiger partial charge in [0.25, 0.3) is 5.56 Å². The molecule has 0 aliphatic carbocycles. The Bertz CT molecular complexity index is 1680. The quantitative estimate of drug-likeness (QED) is 0.315. The lowest BCUT2D eigenvalue weighted by atomic mass is 9.97. The van der Waals surface area contributed by atoms with Gasteiger partial charge in [0, 0.05) is 29.2 Å². The van der Waals surface area contributed by atoms with Crippen molar-refractivity contribution in [3.8, 4) is 0 Å². The van der Waals surface area contributed by atoms with Crippen LogP contribution in [-0.2, 0) is 9.53 Å². The van der Waals surface area contributed by atoms with Gasteiger partial charge >= 0.3 is 5.97 Å². The van der Waals surface area contributed by atoms with Crippen molar-refractivity contribution in [3.63, 3.8) is 0 Å². The maximum Gasteiger partial charge on any atom is 0.338 e. The highest BCUT2D eigenvalue weighted by Gasteiger charge is 2.35. The first-order valence-corrected chi connectivity index (χ1v) is 15.0. The fraction of sp³-hybridized carbons (Fsp3) is 0.258. The maximum absolute atomic E-state index is 13.9. The number of hydrogen-bond acceptors (Lipinski definition) is 7. The van der Waals surface area contributed by atoms with E-state index in [-0.39, 0.29) is 12.2 Å². The Labute approximate surface area is 234 Å². The minimum Gasteiger partial charge on any atom is -0.463 e. The van der Waals surface area contributed by atoms with E-state index in [2.05, 4.69) is 29.2 Å². The number of thiophene rings is 1. The van der Waals surface area contributed by atoms with Crippen LogP contribution in [0.2, 0.25) is 0 Å². The van der Waals surface area contributed by atoms with Gasteiger partial charge < -0.3 is 9.64 Å². The SMILES string of the molecule is CCOC(=O)C1=C(c2ccccc2)N=c2s/c(=C/c3ccc(N4CCCCC4)cc3)c(=O)n2[C@H]1c1cccs1. The number of anilines is 1. The predicted octanol–water partition coefficient (Wildman–Crippen LogP) is 4.99. The zero-order valence-corrected chi connectivity index (χ0v) is 23.3. The number of fused-ring (bicyclic) bond motifs is 1. The second-order valence-corrected chi connectivity index (χ2v) is 11.6. The first-order valence-electron chi connectivity index (χ1n) is 13.3. The van der Waals surface area contributed by atoms with E-state index >= 15 is 0 Å². The lowest BCUT2D eigenvalue weighted by molar-refractivity contribution is -0.138. The number of carbonyl (C=O) groups excluding carboxylic acids is 1. The molecule has 0 radical (unpaired) electrons. The summed E-state index contributed by atoms with van der Waals surface area (Å²) in [7, 11) is 0. The van der Waals surface area contributed by atoms with Crippen LogP contribution in [0.3, 0.4) is 0 Å². The molecule has 2 aliphatic heterocycles. The van der Waals surface area contributed by atoms with Gasteiger partial charge in [0.2, 0.25) is 0 Å². The van der Waals surface area contributed by atoms with Gasteiger partial charge in [-0.1, -0.05) is 59.9 Å². The first kappa shape index (κ1) is 25.5. The average Bonchev–Trinajstić information content (AvgIpc) is 3.62. The van der Waals surface area contributed by atoms with Crippen LogP contribution in [0.4, 0.5) is 5.69 Å². The van der Waals surface area contributed by atoms with Gasteiger partial charge in [-0.2, -0.15) is 0 Å². The van der Waals surface area contributed by atoms with E-state index in [1.807, 2.05) is 53.9 Å². The molecular weight excluding hydrogens is 526 g/mol. The third-order valence-electron chi connectivity index (χ3n) is 7.10. The molecule has 0 amide bonds. The predicted molar refractivity (Wildman–Crippen MR) is 158 cm³/mol. The number of nitrogens with zero attached hydrogens (tertiary/aromatic N) is 3. The van der Waals surface area contributed by atoms with Crippen molar-refractivity contribution in [2.75, 3.05) is 24.6 Å². The van der Waals surface area contributed by atoms with Crippen molar-refractivity contribution < 1.29 is 9.53 Å². The normalized spacial score (nSPS) is 17.6. The molecule has 2 aromatic heterocycles. The summed E-state index contributed by atoms with van der Waals surface area (Å²) in [6.07, 6.45) is 5.68. The van der Waals surface area contributed by atoms with Gasteiger partial charge in [-0.05, 0) is 61.4 Å². The summed E-state index contributed by atoms with van der Waals surface area (Å²) in [5, 5.41) is 1.96. The molecule has 4 aromatic rings. The monoisotopic (exact) mass is 555 g/mol. The number of thiazole rings is 1. The Morgan fingerprint density at radius 3 is 2.49 bits per heavy atom. The molecule has 0 spiro atoms.